The molecule has 1 aliphatic heterocycles. The van der Waals surface area contributed by atoms with Crippen molar-refractivity contribution >= 4 is 24.0 Å². The highest BCUT2D eigenvalue weighted by atomic mass is 35.5. The van der Waals surface area contributed by atoms with Crippen LogP contribution >= 0.6 is 12.4 Å². The fourth-order valence-corrected chi connectivity index (χ4v) is 2.19. The third kappa shape index (κ3) is 5.57. The minimum absolute atomic E-state index is 0. The Bertz CT molecular complexity index is 465. The molecule has 0 bridgehead atoms. The van der Waals surface area contributed by atoms with Crippen LogP contribution in [0.1, 0.15) is 26.3 Å². The van der Waals surface area contributed by atoms with Crippen molar-refractivity contribution in [1.82, 2.24) is 5.32 Å². The van der Waals surface area contributed by atoms with Gasteiger partial charge in [-0.15, -0.1) is 12.4 Å². The van der Waals surface area contributed by atoms with Crippen molar-refractivity contribution in [2.24, 2.45) is 0 Å². The summed E-state index contributed by atoms with van der Waals surface area (Å²) >= 11 is 0. The Kier molecular flexibility index (Phi) is 7.82. The van der Waals surface area contributed by atoms with Crippen LogP contribution in [0.2, 0.25) is 0 Å². The minimum atomic E-state index is -0.303. The van der Waals surface area contributed by atoms with E-state index in [4.69, 9.17) is 9.47 Å². The van der Waals surface area contributed by atoms with Crippen molar-refractivity contribution < 1.29 is 14.3 Å². The molecule has 1 amide bonds. The van der Waals surface area contributed by atoms with Crippen LogP contribution in [0.25, 0.3) is 0 Å². The smallest absolute Gasteiger partial charge is 0.244 e. The number of hydrogen-bond acceptors (Lipinski definition) is 4. The monoisotopic (exact) mass is 328 g/mol. The second kappa shape index (κ2) is 9.10. The van der Waals surface area contributed by atoms with Crippen molar-refractivity contribution in [3.63, 3.8) is 0 Å². The van der Waals surface area contributed by atoms with Gasteiger partial charge < -0.3 is 20.1 Å². The second-order valence-corrected chi connectivity index (χ2v) is 5.55. The maximum atomic E-state index is 12.2. The third-order valence-electron chi connectivity index (χ3n) is 3.40. The predicted octanol–water partition coefficient (Wildman–Crippen LogP) is 2.35. The average Bonchev–Trinajstić information content (AvgIpc) is 2.47. The maximum Gasteiger partial charge on any atom is 0.244 e. The molecule has 0 aromatic heterocycles. The summed E-state index contributed by atoms with van der Waals surface area (Å²) in [5.41, 5.74) is 1.88. The van der Waals surface area contributed by atoms with Crippen molar-refractivity contribution in [2.45, 2.75) is 45.6 Å². The maximum absolute atomic E-state index is 12.2. The predicted molar refractivity (Wildman–Crippen MR) is 89.4 cm³/mol. The van der Waals surface area contributed by atoms with Crippen LogP contribution in [0.15, 0.2) is 24.3 Å². The van der Waals surface area contributed by atoms with Crippen molar-refractivity contribution in [2.75, 3.05) is 18.5 Å². The molecule has 2 atom stereocenters. The summed E-state index contributed by atoms with van der Waals surface area (Å²) in [6.45, 7) is 7.86. The van der Waals surface area contributed by atoms with Crippen molar-refractivity contribution in [1.29, 1.82) is 0 Å². The number of ether oxygens (including phenoxy) is 2. The normalized spacial score (nSPS) is 21.3. The molecule has 6 heteroatoms. The molecule has 0 unspecified atom stereocenters. The number of anilines is 1. The molecular weight excluding hydrogens is 304 g/mol. The van der Waals surface area contributed by atoms with Crippen molar-refractivity contribution in [3.05, 3.63) is 29.8 Å². The van der Waals surface area contributed by atoms with Gasteiger partial charge in [0.2, 0.25) is 5.91 Å². The SMILES string of the molecule is CC(C)OCc1ccc(NC(=O)[C@H]2NCCO[C@@H]2C)cc1.Cl. The summed E-state index contributed by atoms with van der Waals surface area (Å²) in [4.78, 5) is 12.2. The van der Waals surface area contributed by atoms with Gasteiger partial charge in [-0.05, 0) is 38.5 Å². The number of carbonyl (C=O) groups is 1. The molecule has 1 aliphatic rings. The second-order valence-electron chi connectivity index (χ2n) is 5.55. The van der Waals surface area contributed by atoms with Gasteiger partial charge in [-0.25, -0.2) is 0 Å². The van der Waals surface area contributed by atoms with E-state index in [9.17, 15) is 4.79 Å². The number of rotatable bonds is 5. The summed E-state index contributed by atoms with van der Waals surface area (Å²) in [7, 11) is 0. The van der Waals surface area contributed by atoms with E-state index in [1.165, 1.54) is 0 Å². The van der Waals surface area contributed by atoms with Gasteiger partial charge in [0.25, 0.3) is 0 Å². The first-order chi connectivity index (χ1) is 10.1. The van der Waals surface area contributed by atoms with E-state index in [-0.39, 0.29) is 36.6 Å². The molecular formula is C16H25ClN2O3. The zero-order valence-electron chi connectivity index (χ0n) is 13.3. The first-order valence-corrected chi connectivity index (χ1v) is 7.42. The number of benzene rings is 1. The van der Waals surface area contributed by atoms with E-state index in [1.807, 2.05) is 45.0 Å². The van der Waals surface area contributed by atoms with Gasteiger partial charge in [0.15, 0.2) is 0 Å². The molecule has 22 heavy (non-hydrogen) atoms. The Labute approximate surface area is 138 Å². The van der Waals surface area contributed by atoms with Crippen LogP contribution in [-0.2, 0) is 20.9 Å². The van der Waals surface area contributed by atoms with E-state index in [1.54, 1.807) is 0 Å². The van der Waals surface area contributed by atoms with E-state index >= 15 is 0 Å². The van der Waals surface area contributed by atoms with Crippen LogP contribution in [0.3, 0.4) is 0 Å². The molecule has 5 nitrogen and oxygen atoms in total. The van der Waals surface area contributed by atoms with Gasteiger partial charge in [0.1, 0.15) is 6.04 Å². The van der Waals surface area contributed by atoms with Crippen LogP contribution < -0.4 is 10.6 Å². The number of amides is 1. The van der Waals surface area contributed by atoms with E-state index < -0.39 is 0 Å². The molecule has 2 rings (SSSR count). The van der Waals surface area contributed by atoms with E-state index in [0.29, 0.717) is 19.8 Å². The fraction of sp³-hybridized carbons (Fsp3) is 0.562. The summed E-state index contributed by atoms with van der Waals surface area (Å²) in [5.74, 6) is -0.0617. The van der Waals surface area contributed by atoms with Gasteiger partial charge in [-0.3, -0.25) is 4.79 Å². The lowest BCUT2D eigenvalue weighted by atomic mass is 10.1. The first kappa shape index (κ1) is 18.9. The Morgan fingerprint density at radius 1 is 1.41 bits per heavy atom. The van der Waals surface area contributed by atoms with Gasteiger partial charge in [-0.2, -0.15) is 0 Å². The number of nitrogens with one attached hydrogen (secondary N) is 2. The molecule has 0 radical (unpaired) electrons. The van der Waals surface area contributed by atoms with Gasteiger partial charge in [-0.1, -0.05) is 12.1 Å². The van der Waals surface area contributed by atoms with Gasteiger partial charge in [0.05, 0.1) is 25.4 Å². The standard InChI is InChI=1S/C16H24N2O3.ClH/c1-11(2)21-10-13-4-6-14(7-5-13)18-16(19)15-12(3)20-9-8-17-15;/h4-7,11-12,15,17H,8-10H2,1-3H3,(H,18,19);1H/t12-,15+;/m1./s1. The largest absolute Gasteiger partial charge is 0.375 e. The molecule has 1 aromatic carbocycles. The van der Waals surface area contributed by atoms with Crippen LogP contribution in [0.4, 0.5) is 5.69 Å². The summed E-state index contributed by atoms with van der Waals surface area (Å²) in [6, 6.07) is 7.41. The summed E-state index contributed by atoms with van der Waals surface area (Å²) in [6.07, 6.45) is 0.0979. The van der Waals surface area contributed by atoms with E-state index in [0.717, 1.165) is 11.3 Å². The Balaban J connectivity index is 0.00000242. The Morgan fingerprint density at radius 3 is 2.68 bits per heavy atom. The van der Waals surface area contributed by atoms with E-state index in [2.05, 4.69) is 10.6 Å². The highest BCUT2D eigenvalue weighted by Gasteiger charge is 2.28. The van der Waals surface area contributed by atoms with Gasteiger partial charge in [0, 0.05) is 12.2 Å². The molecule has 1 heterocycles. The molecule has 0 saturated carbocycles. The van der Waals surface area contributed by atoms with Crippen LogP contribution in [-0.4, -0.2) is 37.3 Å². The molecule has 1 aromatic rings. The zero-order valence-corrected chi connectivity index (χ0v) is 14.1. The first-order valence-electron chi connectivity index (χ1n) is 7.42. The topological polar surface area (TPSA) is 59.6 Å². The Hall–Kier alpha value is -1.14. The van der Waals surface area contributed by atoms with Crippen LogP contribution in [0, 0.1) is 0 Å². The lowest BCUT2D eigenvalue weighted by Gasteiger charge is -2.29. The highest BCUT2D eigenvalue weighted by molar-refractivity contribution is 5.95. The quantitative estimate of drug-likeness (QED) is 0.871. The molecule has 0 spiro atoms. The zero-order chi connectivity index (χ0) is 15.2. The number of hydrogen-bond donors (Lipinski definition) is 2. The van der Waals surface area contributed by atoms with Crippen molar-refractivity contribution in [3.8, 4) is 0 Å². The molecule has 124 valence electrons. The number of morpholine rings is 1. The Morgan fingerprint density at radius 2 is 2.09 bits per heavy atom. The lowest BCUT2D eigenvalue weighted by Crippen LogP contribution is -2.53. The molecule has 2 N–H and O–H groups in total. The highest BCUT2D eigenvalue weighted by Crippen LogP contribution is 2.13. The molecule has 0 aliphatic carbocycles. The van der Waals surface area contributed by atoms with Crippen LogP contribution in [0.5, 0.6) is 0 Å². The molecule has 1 fully saturated rings. The van der Waals surface area contributed by atoms with Gasteiger partial charge >= 0.3 is 0 Å². The molecule has 1 saturated heterocycles. The minimum Gasteiger partial charge on any atom is -0.375 e. The lowest BCUT2D eigenvalue weighted by molar-refractivity contribution is -0.123. The summed E-state index contributed by atoms with van der Waals surface area (Å²) < 4.78 is 11.0. The number of halogens is 1. The average molecular weight is 329 g/mol. The third-order valence-corrected chi connectivity index (χ3v) is 3.40. The summed E-state index contributed by atoms with van der Waals surface area (Å²) in [5, 5.41) is 6.09. The number of carbonyl (C=O) groups excluding carboxylic acids is 1. The fourth-order valence-electron chi connectivity index (χ4n) is 2.19.